The molecule has 0 bridgehead atoms. The fourth-order valence-electron chi connectivity index (χ4n) is 3.05. The molecule has 0 aliphatic carbocycles. The number of aryl methyl sites for hydroxylation is 1. The number of nitrogens with zero attached hydrogens (tertiary/aromatic N) is 3. The second-order valence-electron chi connectivity index (χ2n) is 6.40. The molecule has 1 fully saturated rings. The second-order valence-corrected chi connectivity index (χ2v) is 6.40. The standard InChI is InChI=1S/C19H24N4O3/c1-3-23-9-8-16(21-23)11-20-19(25)15-10-18(24)22(13-15)12-14-4-6-17(26-2)7-5-14/h4-9,15H,3,10-13H2,1-2H3,(H,20,25). The Bertz CT molecular complexity index is 769. The Morgan fingerprint density at radius 3 is 2.73 bits per heavy atom. The number of hydrogen-bond donors (Lipinski definition) is 1. The SMILES string of the molecule is CCn1ccc(CNC(=O)C2CC(=O)N(Cc3ccc(OC)cc3)C2)n1. The van der Waals surface area contributed by atoms with Crippen molar-refractivity contribution in [3.8, 4) is 5.75 Å². The highest BCUT2D eigenvalue weighted by atomic mass is 16.5. The van der Waals surface area contributed by atoms with Crippen LogP contribution in [0.1, 0.15) is 24.6 Å². The predicted molar refractivity (Wildman–Crippen MR) is 96.3 cm³/mol. The van der Waals surface area contributed by atoms with Crippen LogP contribution in [0.5, 0.6) is 5.75 Å². The minimum Gasteiger partial charge on any atom is -0.497 e. The predicted octanol–water partition coefficient (Wildman–Crippen LogP) is 1.58. The Morgan fingerprint density at radius 2 is 2.08 bits per heavy atom. The lowest BCUT2D eigenvalue weighted by molar-refractivity contribution is -0.129. The van der Waals surface area contributed by atoms with Crippen molar-refractivity contribution in [2.45, 2.75) is 33.0 Å². The molecule has 2 aromatic rings. The molecule has 1 aromatic carbocycles. The maximum atomic E-state index is 12.4. The molecule has 7 nitrogen and oxygen atoms in total. The molecule has 1 aliphatic heterocycles. The van der Waals surface area contributed by atoms with Gasteiger partial charge in [0.25, 0.3) is 0 Å². The van der Waals surface area contributed by atoms with Gasteiger partial charge in [0, 0.05) is 32.3 Å². The monoisotopic (exact) mass is 356 g/mol. The molecule has 2 heterocycles. The molecule has 2 amide bonds. The van der Waals surface area contributed by atoms with E-state index in [9.17, 15) is 9.59 Å². The van der Waals surface area contributed by atoms with Crippen LogP contribution in [0.25, 0.3) is 0 Å². The van der Waals surface area contributed by atoms with Gasteiger partial charge in [0.15, 0.2) is 0 Å². The molecule has 1 aromatic heterocycles. The van der Waals surface area contributed by atoms with Gasteiger partial charge in [0.2, 0.25) is 11.8 Å². The molecule has 1 atom stereocenters. The smallest absolute Gasteiger partial charge is 0.225 e. The van der Waals surface area contributed by atoms with E-state index in [2.05, 4.69) is 10.4 Å². The van der Waals surface area contributed by atoms with E-state index in [0.29, 0.717) is 19.6 Å². The lowest BCUT2D eigenvalue weighted by Crippen LogP contribution is -2.32. The highest BCUT2D eigenvalue weighted by Gasteiger charge is 2.34. The van der Waals surface area contributed by atoms with Crippen molar-refractivity contribution in [1.29, 1.82) is 0 Å². The second kappa shape index (κ2) is 8.03. The number of aromatic nitrogens is 2. The molecular formula is C19H24N4O3. The zero-order valence-corrected chi connectivity index (χ0v) is 15.1. The largest absolute Gasteiger partial charge is 0.497 e. The highest BCUT2D eigenvalue weighted by molar-refractivity contribution is 5.89. The van der Waals surface area contributed by atoms with Gasteiger partial charge in [0.1, 0.15) is 5.75 Å². The Balaban J connectivity index is 1.51. The van der Waals surface area contributed by atoms with E-state index in [1.807, 2.05) is 48.1 Å². The molecule has 1 unspecified atom stereocenters. The summed E-state index contributed by atoms with van der Waals surface area (Å²) in [6.07, 6.45) is 2.14. The Hall–Kier alpha value is -2.83. The Kier molecular flexibility index (Phi) is 5.55. The normalized spacial score (nSPS) is 16.8. The van der Waals surface area contributed by atoms with E-state index in [1.165, 1.54) is 0 Å². The van der Waals surface area contributed by atoms with Crippen LogP contribution >= 0.6 is 0 Å². The number of carbonyl (C=O) groups is 2. The first-order chi connectivity index (χ1) is 12.6. The summed E-state index contributed by atoms with van der Waals surface area (Å²) in [5.41, 5.74) is 1.84. The van der Waals surface area contributed by atoms with Crippen LogP contribution in [0.4, 0.5) is 0 Å². The third kappa shape index (κ3) is 4.22. The van der Waals surface area contributed by atoms with Crippen molar-refractivity contribution >= 4 is 11.8 Å². The van der Waals surface area contributed by atoms with E-state index >= 15 is 0 Å². The molecule has 26 heavy (non-hydrogen) atoms. The maximum absolute atomic E-state index is 12.4. The zero-order chi connectivity index (χ0) is 18.5. The molecule has 1 aliphatic rings. The van der Waals surface area contributed by atoms with E-state index in [-0.39, 0.29) is 24.2 Å². The summed E-state index contributed by atoms with van der Waals surface area (Å²) in [7, 11) is 1.62. The van der Waals surface area contributed by atoms with Crippen molar-refractivity contribution in [1.82, 2.24) is 20.0 Å². The molecular weight excluding hydrogens is 332 g/mol. The first-order valence-electron chi connectivity index (χ1n) is 8.79. The van der Waals surface area contributed by atoms with E-state index < -0.39 is 0 Å². The number of carbonyl (C=O) groups excluding carboxylic acids is 2. The van der Waals surface area contributed by atoms with Gasteiger partial charge in [0.05, 0.1) is 25.3 Å². The molecule has 1 saturated heterocycles. The zero-order valence-electron chi connectivity index (χ0n) is 15.1. The van der Waals surface area contributed by atoms with Gasteiger partial charge in [-0.15, -0.1) is 0 Å². The lowest BCUT2D eigenvalue weighted by atomic mass is 10.1. The van der Waals surface area contributed by atoms with Crippen LogP contribution in [-0.4, -0.2) is 40.1 Å². The third-order valence-electron chi connectivity index (χ3n) is 4.58. The van der Waals surface area contributed by atoms with Gasteiger partial charge < -0.3 is 15.0 Å². The summed E-state index contributed by atoms with van der Waals surface area (Å²) >= 11 is 0. The van der Waals surface area contributed by atoms with E-state index in [0.717, 1.165) is 23.6 Å². The molecule has 1 N–H and O–H groups in total. The average Bonchev–Trinajstić information content (AvgIpc) is 3.27. The number of benzene rings is 1. The first kappa shape index (κ1) is 18.0. The van der Waals surface area contributed by atoms with Gasteiger partial charge >= 0.3 is 0 Å². The van der Waals surface area contributed by atoms with Crippen LogP contribution in [0.15, 0.2) is 36.5 Å². The van der Waals surface area contributed by atoms with Crippen LogP contribution in [0.3, 0.4) is 0 Å². The molecule has 138 valence electrons. The summed E-state index contributed by atoms with van der Waals surface area (Å²) in [5.74, 6) is 0.385. The van der Waals surface area contributed by atoms with Crippen LogP contribution in [0.2, 0.25) is 0 Å². The number of methoxy groups -OCH3 is 1. The molecule has 0 radical (unpaired) electrons. The Labute approximate surface area is 152 Å². The molecule has 0 saturated carbocycles. The van der Waals surface area contributed by atoms with Crippen molar-refractivity contribution < 1.29 is 14.3 Å². The summed E-state index contributed by atoms with van der Waals surface area (Å²) in [5, 5.41) is 7.23. The lowest BCUT2D eigenvalue weighted by Gasteiger charge is -2.17. The number of nitrogens with one attached hydrogen (secondary N) is 1. The molecule has 0 spiro atoms. The van der Waals surface area contributed by atoms with Crippen LogP contribution in [-0.2, 0) is 29.2 Å². The van der Waals surface area contributed by atoms with Gasteiger partial charge in [-0.05, 0) is 30.7 Å². The highest BCUT2D eigenvalue weighted by Crippen LogP contribution is 2.21. The van der Waals surface area contributed by atoms with Crippen molar-refractivity contribution in [2.24, 2.45) is 5.92 Å². The van der Waals surface area contributed by atoms with Crippen LogP contribution < -0.4 is 10.1 Å². The minimum atomic E-state index is -0.311. The van der Waals surface area contributed by atoms with Crippen molar-refractivity contribution in [2.75, 3.05) is 13.7 Å². The fraction of sp³-hybridized carbons (Fsp3) is 0.421. The van der Waals surface area contributed by atoms with Gasteiger partial charge in [-0.3, -0.25) is 14.3 Å². The Morgan fingerprint density at radius 1 is 1.31 bits per heavy atom. The average molecular weight is 356 g/mol. The number of ether oxygens (including phenoxy) is 1. The summed E-state index contributed by atoms with van der Waals surface area (Å²) in [6, 6.07) is 9.50. The van der Waals surface area contributed by atoms with E-state index in [1.54, 1.807) is 12.0 Å². The summed E-state index contributed by atoms with van der Waals surface area (Å²) in [6.45, 7) is 4.14. The van der Waals surface area contributed by atoms with E-state index in [4.69, 9.17) is 4.74 Å². The van der Waals surface area contributed by atoms with Gasteiger partial charge in [-0.25, -0.2) is 0 Å². The quantitative estimate of drug-likeness (QED) is 0.817. The first-order valence-corrected chi connectivity index (χ1v) is 8.79. The third-order valence-corrected chi connectivity index (χ3v) is 4.58. The van der Waals surface area contributed by atoms with Gasteiger partial charge in [-0.1, -0.05) is 12.1 Å². The number of hydrogen-bond acceptors (Lipinski definition) is 4. The summed E-state index contributed by atoms with van der Waals surface area (Å²) < 4.78 is 6.96. The number of likely N-dealkylation sites (tertiary alicyclic amines) is 1. The number of rotatable bonds is 7. The topological polar surface area (TPSA) is 76.5 Å². The van der Waals surface area contributed by atoms with Crippen molar-refractivity contribution in [3.63, 3.8) is 0 Å². The van der Waals surface area contributed by atoms with Gasteiger partial charge in [-0.2, -0.15) is 5.10 Å². The van der Waals surface area contributed by atoms with Crippen LogP contribution in [0, 0.1) is 5.92 Å². The molecule has 7 heteroatoms. The fourth-order valence-corrected chi connectivity index (χ4v) is 3.05. The molecule has 3 rings (SSSR count). The maximum Gasteiger partial charge on any atom is 0.225 e. The van der Waals surface area contributed by atoms with Crippen molar-refractivity contribution in [3.05, 3.63) is 47.8 Å². The number of amides is 2. The minimum absolute atomic E-state index is 0.0104. The summed E-state index contributed by atoms with van der Waals surface area (Å²) in [4.78, 5) is 26.4.